The summed E-state index contributed by atoms with van der Waals surface area (Å²) >= 11 is 1.27. The van der Waals surface area contributed by atoms with E-state index in [-0.39, 0.29) is 170 Å². The van der Waals surface area contributed by atoms with Gasteiger partial charge in [-0.1, -0.05) is 79.7 Å². The number of benzene rings is 2. The van der Waals surface area contributed by atoms with E-state index in [2.05, 4.69) is 95.1 Å². The van der Waals surface area contributed by atoms with Crippen molar-refractivity contribution in [3.63, 3.8) is 0 Å². The van der Waals surface area contributed by atoms with Crippen molar-refractivity contribution in [2.75, 3.05) is 51.3 Å². The van der Waals surface area contributed by atoms with Crippen LogP contribution in [0, 0.1) is 23.7 Å². The van der Waals surface area contributed by atoms with Crippen molar-refractivity contribution in [1.82, 2.24) is 85.1 Å². The zero-order chi connectivity index (χ0) is 107. The molecule has 0 aliphatic heterocycles. The van der Waals surface area contributed by atoms with Crippen LogP contribution in [0.5, 0.6) is 11.5 Å². The summed E-state index contributed by atoms with van der Waals surface area (Å²) in [5, 5.41) is 71.9. The molecule has 49 nitrogen and oxygen atoms in total. The lowest BCUT2D eigenvalue weighted by atomic mass is 9.99. The number of aliphatic hydroxyl groups excluding tert-OH is 1. The summed E-state index contributed by atoms with van der Waals surface area (Å²) in [6.45, 7) is 17.3. The van der Waals surface area contributed by atoms with Gasteiger partial charge in [0, 0.05) is 32.4 Å². The van der Waals surface area contributed by atoms with Gasteiger partial charge in [0.2, 0.25) is 106 Å². The van der Waals surface area contributed by atoms with Crippen LogP contribution in [0.4, 0.5) is 0 Å². The van der Waals surface area contributed by atoms with Gasteiger partial charge < -0.3 is 158 Å². The second-order valence-corrected chi connectivity index (χ2v) is 37.5. The molecule has 39 N–H and O–H groups in total. The number of phenols is 2. The Morgan fingerprint density at radius 1 is 0.317 bits per heavy atom. The maximum absolute atomic E-state index is 14.9. The van der Waals surface area contributed by atoms with Crippen LogP contribution in [-0.4, -0.2) is 288 Å². The Hall–Kier alpha value is -12.8. The lowest BCUT2D eigenvalue weighted by molar-refractivity contribution is -0.136. The second kappa shape index (κ2) is 66.8. The molecule has 50 heteroatoms. The van der Waals surface area contributed by atoms with Crippen molar-refractivity contribution >= 4 is 130 Å². The van der Waals surface area contributed by atoms with Crippen LogP contribution in [0.1, 0.15) is 203 Å². The van der Waals surface area contributed by atoms with Gasteiger partial charge >= 0.3 is 0 Å². The number of aliphatic hydroxyl groups is 1. The number of hydrogen-bond acceptors (Lipinski definition) is 28. The van der Waals surface area contributed by atoms with Crippen LogP contribution in [0.25, 0.3) is 0 Å². The molecule has 0 unspecified atom stereocenters. The zero-order valence-electron chi connectivity index (χ0n) is 83.6. The molecule has 0 radical (unpaired) electrons. The van der Waals surface area contributed by atoms with E-state index < -0.39 is 240 Å². The lowest BCUT2D eigenvalue weighted by Gasteiger charge is -2.29. The van der Waals surface area contributed by atoms with Crippen molar-refractivity contribution in [3.8, 4) is 11.5 Å². The molecule has 17 atom stereocenters. The summed E-state index contributed by atoms with van der Waals surface area (Å²) in [6, 6.07) is -12.9. The zero-order valence-corrected chi connectivity index (χ0v) is 84.4. The first-order chi connectivity index (χ1) is 66.9. The lowest BCUT2D eigenvalue weighted by Crippen LogP contribution is -2.61. The molecule has 2 aromatic carbocycles. The number of hydrogen-bond donors (Lipinski definition) is 29. The molecule has 18 amide bonds. The van der Waals surface area contributed by atoms with Gasteiger partial charge in [-0.25, -0.2) is 0 Å². The number of rotatable bonds is 70. The van der Waals surface area contributed by atoms with Crippen LogP contribution >= 0.6 is 11.8 Å². The van der Waals surface area contributed by atoms with Crippen molar-refractivity contribution in [3.05, 3.63) is 59.7 Å². The number of nitrogens with zero attached hydrogens (tertiary/aromatic N) is 2. The summed E-state index contributed by atoms with van der Waals surface area (Å²) in [5.41, 5.74) is 57.6. The van der Waals surface area contributed by atoms with Gasteiger partial charge in [-0.15, -0.1) is 0 Å². The number of phenolic OH excluding ortho intramolecular Hbond substituents is 2. The van der Waals surface area contributed by atoms with E-state index in [1.807, 2.05) is 13.8 Å². The first kappa shape index (κ1) is 125. The minimum Gasteiger partial charge on any atom is -0.508 e. The van der Waals surface area contributed by atoms with Crippen LogP contribution in [-0.2, 0) is 99.1 Å². The van der Waals surface area contributed by atoms with Crippen LogP contribution < -0.4 is 142 Å². The third-order valence-electron chi connectivity index (χ3n) is 22.5. The highest BCUT2D eigenvalue weighted by Crippen LogP contribution is 2.20. The summed E-state index contributed by atoms with van der Waals surface area (Å²) in [7, 11) is 0. The number of amides is 18. The monoisotopic (exact) mass is 2020 g/mol. The van der Waals surface area contributed by atoms with Gasteiger partial charge in [-0.2, -0.15) is 11.8 Å². The van der Waals surface area contributed by atoms with Gasteiger partial charge in [-0.3, -0.25) is 96.3 Å². The highest BCUT2D eigenvalue weighted by molar-refractivity contribution is 7.98. The predicted octanol–water partition coefficient (Wildman–Crippen LogP) is -6.58. The fraction of sp³-hybridized carbons (Fsp3) is 0.652. The Morgan fingerprint density at radius 2 is 0.585 bits per heavy atom. The Morgan fingerprint density at radius 3 is 0.894 bits per heavy atom. The van der Waals surface area contributed by atoms with Crippen molar-refractivity contribution in [2.45, 2.75) is 307 Å². The smallest absolute Gasteiger partial charge is 0.243 e. The minimum absolute atomic E-state index is 0.00763. The van der Waals surface area contributed by atoms with Gasteiger partial charge in [0.1, 0.15) is 114 Å². The summed E-state index contributed by atoms with van der Waals surface area (Å²) in [4.78, 5) is 262. The van der Waals surface area contributed by atoms with Gasteiger partial charge in [-0.05, 0) is 221 Å². The number of aliphatic imine (C=N–C) groups is 2. The molecule has 0 aromatic heterocycles. The molecule has 0 bridgehead atoms. The van der Waals surface area contributed by atoms with Crippen molar-refractivity contribution < 1.29 is 102 Å². The minimum atomic E-state index is -1.67. The number of thioether (sulfide) groups is 1. The summed E-state index contributed by atoms with van der Waals surface area (Å²) < 4.78 is 0. The largest absolute Gasteiger partial charge is 0.508 e. The first-order valence-corrected chi connectivity index (χ1v) is 49.4. The number of carbonyl (C=O) groups excluding carboxylic acids is 18. The fourth-order valence-electron chi connectivity index (χ4n) is 14.3. The molecule has 798 valence electrons. The van der Waals surface area contributed by atoms with E-state index in [1.54, 1.807) is 47.8 Å². The number of nitrogens with one attached hydrogen (secondary N) is 16. The first-order valence-electron chi connectivity index (χ1n) is 48.0. The number of carbonyl (C=O) groups is 18. The highest BCUT2D eigenvalue weighted by Gasteiger charge is 2.40. The van der Waals surface area contributed by atoms with E-state index in [0.717, 1.165) is 0 Å². The molecule has 0 spiro atoms. The van der Waals surface area contributed by atoms with E-state index in [4.69, 9.17) is 57.3 Å². The van der Waals surface area contributed by atoms with Gasteiger partial charge in [0.25, 0.3) is 0 Å². The third kappa shape index (κ3) is 49.1. The number of primary amides is 2. The van der Waals surface area contributed by atoms with Crippen LogP contribution in [0.15, 0.2) is 58.5 Å². The van der Waals surface area contributed by atoms with Crippen LogP contribution in [0.3, 0.4) is 0 Å². The summed E-state index contributed by atoms with van der Waals surface area (Å²) in [5.74, 6) is -18.2. The maximum atomic E-state index is 14.9. The van der Waals surface area contributed by atoms with E-state index in [1.165, 1.54) is 81.1 Å². The number of unbranched alkanes of at least 4 members (excludes halogenated alkanes) is 3. The maximum Gasteiger partial charge on any atom is 0.243 e. The molecule has 0 saturated heterocycles. The summed E-state index contributed by atoms with van der Waals surface area (Å²) in [6.07, 6.45) is 1.52. The molecule has 0 aliphatic carbocycles. The highest BCUT2D eigenvalue weighted by atomic mass is 32.2. The number of guanidine groups is 2. The molecule has 0 saturated carbocycles. The third-order valence-corrected chi connectivity index (χ3v) is 23.1. The molecule has 2 aromatic rings. The molecule has 142 heavy (non-hydrogen) atoms. The predicted molar refractivity (Wildman–Crippen MR) is 534 cm³/mol. The standard InChI is InChI=1S/C92H158N28O21S/c1-48(2)43-67(74(98)125)115-90(141)73(51(7)8)120-76(127)53(10)105-75(126)52(9)107-86(137)68(44-49(3)4)116-88(139)70(46-56-28-32-58(123)33-29-56)118-83(134)61(22-14-17-38-94)110-81(132)62(23-15-18-39-95)114-89(140)72(50(5)6)119-77(128)54(11)106-79(130)66(36-42-142-12)113-85(136)65(34-35-71(97)124)112-80(131)60(21-13-16-37-93)109-82(133)64(25-20-41-104-92(101)102)111-87(138)69(45-55-26-30-57(122)31-27-55)117-84(135)63(24-19-40-103-91(99)100)108-78(129)59(96)47-121/h26-33,48-54,59-70,72-73,121-123H,13-25,34-47,93-96H2,1-12H3,(H2,97,124)(H2,98,125)(H,105,126)(H,106,130)(H,107,137)(H,108,129)(H,109,133)(H,110,132)(H,111,138)(H,112,131)(H,113,136)(H,114,140)(H,115,141)(H,116,139)(H,117,135)(H,118,134)(H,119,128)(H,120,127)(H4,99,100,103)(H4,101,102,104)/t52-,53-,54-,59-,60-,61-,62-,63-,64-,65-,66-,67-,68-,69-,70-,72-,73-/m0/s1. The Labute approximate surface area is 833 Å². The van der Waals surface area contributed by atoms with Gasteiger partial charge in [0.05, 0.1) is 6.61 Å². The molecule has 2 rings (SSSR count). The van der Waals surface area contributed by atoms with Crippen molar-refractivity contribution in [1.29, 1.82) is 0 Å². The SMILES string of the molecule is CSCC[C@H](NC(=O)[C@H](CCC(N)=O)NC(=O)[C@H](CCCCN)NC(=O)[C@H](CCCN=C(N)N)NC(=O)[C@H](Cc1ccc(O)cc1)NC(=O)[C@H](CCCN=C(N)N)NC(=O)[C@@H](N)CO)C(=O)N[C@@H](C)C(=O)N[C@H](C(=O)N[C@@H](CCCCN)C(=O)N[C@@H](CCCCN)C(=O)N[C@@H](Cc1ccc(O)cc1)C(=O)N[C@@H](CC(C)C)C(=O)N[C@@H](C)C(=O)N[C@@H](C)C(=O)N[C@H](C(=O)N[C@@H](CC(C)C)C(N)=O)C(C)C)C(C)C. The quantitative estimate of drug-likeness (QED) is 0.0166. The van der Waals surface area contributed by atoms with E-state index >= 15 is 0 Å². The van der Waals surface area contributed by atoms with Crippen LogP contribution in [0.2, 0.25) is 0 Å². The molecular formula is C92H158N28O21S. The molecular weight excluding hydrogens is 1870 g/mol. The topological polar surface area (TPSA) is 845 Å². The van der Waals surface area contributed by atoms with Gasteiger partial charge in [0.15, 0.2) is 11.9 Å². The van der Waals surface area contributed by atoms with E-state index in [9.17, 15) is 102 Å². The fourth-order valence-corrected chi connectivity index (χ4v) is 14.8. The number of nitrogens with two attached hydrogens (primary N) is 10. The normalized spacial score (nSPS) is 14.8. The average Bonchev–Trinajstić information content (AvgIpc) is 0.926. The second-order valence-electron chi connectivity index (χ2n) is 36.6. The van der Waals surface area contributed by atoms with E-state index in [0.29, 0.717) is 30.4 Å². The Kier molecular flexibility index (Phi) is 58.9. The molecule has 0 aliphatic rings. The van der Waals surface area contributed by atoms with Crippen molar-refractivity contribution in [2.24, 2.45) is 91.0 Å². The average molecular weight is 2020 g/mol. The molecule has 0 fully saturated rings. The Balaban J connectivity index is 2.56. The number of aromatic hydroxyl groups is 2. The molecule has 0 heterocycles. The Bertz CT molecular complexity index is 4470.